The van der Waals surface area contributed by atoms with Crippen LogP contribution in [0.3, 0.4) is 0 Å². The molecule has 7 nitrogen and oxygen atoms in total. The van der Waals surface area contributed by atoms with Gasteiger partial charge < -0.3 is 15.0 Å². The minimum atomic E-state index is -0.281. The first kappa shape index (κ1) is 19.1. The van der Waals surface area contributed by atoms with Crippen molar-refractivity contribution in [3.63, 3.8) is 0 Å². The molecule has 2 aromatic carbocycles. The van der Waals surface area contributed by atoms with E-state index in [-0.39, 0.29) is 11.8 Å². The zero-order valence-corrected chi connectivity index (χ0v) is 16.5. The van der Waals surface area contributed by atoms with Gasteiger partial charge in [0.2, 0.25) is 5.88 Å². The number of anilines is 1. The summed E-state index contributed by atoms with van der Waals surface area (Å²) in [6.07, 6.45) is 0.316. The van der Waals surface area contributed by atoms with E-state index in [1.165, 1.54) is 5.69 Å². The quantitative estimate of drug-likeness (QED) is 0.644. The third-order valence-corrected chi connectivity index (χ3v) is 5.39. The predicted octanol–water partition coefficient (Wildman–Crippen LogP) is 4.00. The van der Waals surface area contributed by atoms with Gasteiger partial charge in [-0.3, -0.25) is 9.69 Å². The molecule has 0 bridgehead atoms. The second kappa shape index (κ2) is 8.45. The summed E-state index contributed by atoms with van der Waals surface area (Å²) in [5.41, 5.74) is 3.36. The Morgan fingerprint density at radius 2 is 1.83 bits per heavy atom. The van der Waals surface area contributed by atoms with E-state index < -0.39 is 0 Å². The Morgan fingerprint density at radius 3 is 2.59 bits per heavy atom. The molecule has 1 aromatic heterocycles. The maximum atomic E-state index is 12.2. The molecule has 1 aliphatic heterocycles. The molecule has 2 heterocycles. The van der Waals surface area contributed by atoms with Crippen molar-refractivity contribution in [3.8, 4) is 5.88 Å². The number of azo groups is 1. The summed E-state index contributed by atoms with van der Waals surface area (Å²) < 4.78 is 0. The van der Waals surface area contributed by atoms with Crippen LogP contribution in [0.5, 0.6) is 5.88 Å². The van der Waals surface area contributed by atoms with Crippen LogP contribution in [0.4, 0.5) is 11.4 Å². The van der Waals surface area contributed by atoms with Gasteiger partial charge in [-0.15, -0.1) is 10.2 Å². The number of aromatic hydroxyl groups is 1. The van der Waals surface area contributed by atoms with Crippen LogP contribution in [-0.2, 0) is 4.79 Å². The number of nitrogens with one attached hydrogen (secondary N) is 1. The van der Waals surface area contributed by atoms with E-state index in [9.17, 15) is 9.90 Å². The third kappa shape index (κ3) is 4.30. The summed E-state index contributed by atoms with van der Waals surface area (Å²) in [4.78, 5) is 19.7. The standard InChI is InChI=1S/C22H25N5O2/c1-16-6-5-9-18-20(16)23-22(29)21(18)25-24-19(28)10-11-26-12-14-27(15-13-26)17-7-3-2-4-8-17/h2-9,23,29H,10-15H2,1H3. The lowest BCUT2D eigenvalue weighted by Gasteiger charge is -2.35. The van der Waals surface area contributed by atoms with Crippen LogP contribution in [-0.4, -0.2) is 53.6 Å². The predicted molar refractivity (Wildman–Crippen MR) is 114 cm³/mol. The van der Waals surface area contributed by atoms with Crippen LogP contribution in [0.25, 0.3) is 10.9 Å². The van der Waals surface area contributed by atoms with Crippen molar-refractivity contribution >= 4 is 28.2 Å². The highest BCUT2D eigenvalue weighted by atomic mass is 16.3. The molecule has 2 N–H and O–H groups in total. The average molecular weight is 391 g/mol. The Labute approximate surface area is 169 Å². The number of para-hydroxylation sites is 2. The minimum absolute atomic E-state index is 0.0668. The van der Waals surface area contributed by atoms with E-state index in [2.05, 4.69) is 49.3 Å². The van der Waals surface area contributed by atoms with E-state index >= 15 is 0 Å². The van der Waals surface area contributed by atoms with Gasteiger partial charge in [-0.05, 0) is 24.6 Å². The van der Waals surface area contributed by atoms with Gasteiger partial charge in [0.15, 0.2) is 5.69 Å². The number of H-pyrrole nitrogens is 1. The number of amides is 1. The number of benzene rings is 2. The van der Waals surface area contributed by atoms with Gasteiger partial charge in [0.1, 0.15) is 0 Å². The van der Waals surface area contributed by atoms with Crippen LogP contribution >= 0.6 is 0 Å². The monoisotopic (exact) mass is 391 g/mol. The Morgan fingerprint density at radius 1 is 1.07 bits per heavy atom. The van der Waals surface area contributed by atoms with Gasteiger partial charge in [0, 0.05) is 50.2 Å². The summed E-state index contributed by atoms with van der Waals surface area (Å²) in [6, 6.07) is 16.1. The number of hydrogen-bond donors (Lipinski definition) is 2. The fourth-order valence-corrected chi connectivity index (χ4v) is 3.72. The molecule has 4 rings (SSSR count). The average Bonchev–Trinajstić information content (AvgIpc) is 3.08. The number of carbonyl (C=O) groups is 1. The fraction of sp³-hybridized carbons (Fsp3) is 0.318. The van der Waals surface area contributed by atoms with Crippen LogP contribution in [0, 0.1) is 6.92 Å². The van der Waals surface area contributed by atoms with Gasteiger partial charge in [-0.1, -0.05) is 36.4 Å². The highest BCUT2D eigenvalue weighted by Crippen LogP contribution is 2.36. The number of aromatic nitrogens is 1. The molecule has 7 heteroatoms. The summed E-state index contributed by atoms with van der Waals surface area (Å²) >= 11 is 0. The SMILES string of the molecule is Cc1cccc2c(N=NC(=O)CCN3CCN(c4ccccc4)CC3)c(O)[nH]c12. The number of rotatable bonds is 5. The lowest BCUT2D eigenvalue weighted by Crippen LogP contribution is -2.46. The van der Waals surface area contributed by atoms with E-state index in [4.69, 9.17) is 0 Å². The number of carbonyl (C=O) groups excluding carboxylic acids is 1. The summed E-state index contributed by atoms with van der Waals surface area (Å²) in [5, 5.41) is 18.7. The molecule has 0 atom stereocenters. The molecule has 1 saturated heterocycles. The smallest absolute Gasteiger partial charge is 0.266 e. The molecule has 1 amide bonds. The van der Waals surface area contributed by atoms with Crippen LogP contribution in [0.2, 0.25) is 0 Å². The number of aryl methyl sites for hydroxylation is 1. The molecule has 0 unspecified atom stereocenters. The molecular formula is C22H25N5O2. The molecule has 0 aliphatic carbocycles. The number of piperazine rings is 1. The molecule has 1 aliphatic rings. The molecule has 29 heavy (non-hydrogen) atoms. The Kier molecular flexibility index (Phi) is 5.57. The zero-order valence-electron chi connectivity index (χ0n) is 16.5. The number of aromatic amines is 1. The highest BCUT2D eigenvalue weighted by Gasteiger charge is 2.18. The van der Waals surface area contributed by atoms with Gasteiger partial charge >= 0.3 is 0 Å². The van der Waals surface area contributed by atoms with Gasteiger partial charge in [-0.25, -0.2) is 0 Å². The zero-order chi connectivity index (χ0) is 20.2. The summed E-state index contributed by atoms with van der Waals surface area (Å²) in [7, 11) is 0. The van der Waals surface area contributed by atoms with Crippen molar-refractivity contribution in [2.45, 2.75) is 13.3 Å². The van der Waals surface area contributed by atoms with Crippen molar-refractivity contribution in [1.29, 1.82) is 0 Å². The number of nitrogens with zero attached hydrogens (tertiary/aromatic N) is 4. The van der Waals surface area contributed by atoms with Crippen LogP contribution in [0.1, 0.15) is 12.0 Å². The second-order valence-corrected chi connectivity index (χ2v) is 7.33. The number of hydrogen-bond acceptors (Lipinski definition) is 5. The van der Waals surface area contributed by atoms with Crippen molar-refractivity contribution < 1.29 is 9.90 Å². The molecular weight excluding hydrogens is 366 g/mol. The van der Waals surface area contributed by atoms with E-state index in [0.717, 1.165) is 42.6 Å². The highest BCUT2D eigenvalue weighted by molar-refractivity contribution is 5.96. The normalized spacial score (nSPS) is 15.4. The van der Waals surface area contributed by atoms with Gasteiger partial charge in [0.25, 0.3) is 5.91 Å². The van der Waals surface area contributed by atoms with E-state index in [1.807, 2.05) is 31.2 Å². The Hall–Kier alpha value is -3.19. The molecule has 0 saturated carbocycles. The van der Waals surface area contributed by atoms with Gasteiger partial charge in [0.05, 0.1) is 5.52 Å². The van der Waals surface area contributed by atoms with Crippen molar-refractivity contribution in [2.24, 2.45) is 10.2 Å². The third-order valence-electron chi connectivity index (χ3n) is 5.39. The number of fused-ring (bicyclic) bond motifs is 1. The molecule has 3 aromatic rings. The first-order valence-electron chi connectivity index (χ1n) is 9.89. The van der Waals surface area contributed by atoms with Crippen molar-refractivity contribution in [2.75, 3.05) is 37.6 Å². The molecule has 0 radical (unpaired) electrons. The van der Waals surface area contributed by atoms with Crippen molar-refractivity contribution in [3.05, 3.63) is 54.1 Å². The molecule has 0 spiro atoms. The molecule has 150 valence electrons. The Balaban J connectivity index is 1.30. The lowest BCUT2D eigenvalue weighted by molar-refractivity contribution is -0.118. The van der Waals surface area contributed by atoms with E-state index in [1.54, 1.807) is 0 Å². The Bertz CT molecular complexity index is 1020. The minimum Gasteiger partial charge on any atom is -0.493 e. The lowest BCUT2D eigenvalue weighted by atomic mass is 10.1. The maximum Gasteiger partial charge on any atom is 0.266 e. The van der Waals surface area contributed by atoms with Gasteiger partial charge in [-0.2, -0.15) is 0 Å². The summed E-state index contributed by atoms with van der Waals surface area (Å²) in [6.45, 7) is 6.34. The fourth-order valence-electron chi connectivity index (χ4n) is 3.72. The molecule has 1 fully saturated rings. The van der Waals surface area contributed by atoms with Crippen molar-refractivity contribution in [1.82, 2.24) is 9.88 Å². The van der Waals surface area contributed by atoms with Crippen LogP contribution in [0.15, 0.2) is 58.8 Å². The van der Waals surface area contributed by atoms with Crippen LogP contribution < -0.4 is 4.90 Å². The largest absolute Gasteiger partial charge is 0.493 e. The topological polar surface area (TPSA) is 84.3 Å². The summed E-state index contributed by atoms with van der Waals surface area (Å²) in [5.74, 6) is -0.347. The maximum absolute atomic E-state index is 12.2. The first-order chi connectivity index (χ1) is 14.1. The van der Waals surface area contributed by atoms with E-state index in [0.29, 0.717) is 18.7 Å². The second-order valence-electron chi connectivity index (χ2n) is 7.33. The first-order valence-corrected chi connectivity index (χ1v) is 9.89.